The smallest absolute Gasteiger partial charge is 0.258 e. The van der Waals surface area contributed by atoms with Gasteiger partial charge in [-0.1, -0.05) is 24.3 Å². The fourth-order valence-electron chi connectivity index (χ4n) is 3.80. The Kier molecular flexibility index (Phi) is 7.00. The molecule has 6 heteroatoms. The fourth-order valence-corrected chi connectivity index (χ4v) is 3.80. The number of aryl methyl sites for hydroxylation is 1. The molecule has 2 aromatic rings. The number of piperidine rings is 1. The largest absolute Gasteiger partial charge is 0.312 e. The van der Waals surface area contributed by atoms with Crippen molar-refractivity contribution in [2.75, 3.05) is 25.5 Å². The van der Waals surface area contributed by atoms with Crippen LogP contribution < -0.4 is 10.3 Å². The molecule has 158 valence electrons. The zero-order valence-corrected chi connectivity index (χ0v) is 17.7. The highest BCUT2D eigenvalue weighted by Crippen LogP contribution is 2.30. The minimum Gasteiger partial charge on any atom is -0.312 e. The maximum Gasteiger partial charge on any atom is 0.258 e. The number of hydrazine groups is 1. The van der Waals surface area contributed by atoms with Crippen LogP contribution in [0, 0.1) is 18.7 Å². The first-order valence-electron chi connectivity index (χ1n) is 10.1. The number of halogens is 1. The van der Waals surface area contributed by atoms with Gasteiger partial charge in [-0.25, -0.2) is 9.40 Å². The van der Waals surface area contributed by atoms with Gasteiger partial charge in [0.15, 0.2) is 0 Å². The summed E-state index contributed by atoms with van der Waals surface area (Å²) in [5, 5.41) is 1.58. The maximum atomic E-state index is 14.0. The van der Waals surface area contributed by atoms with E-state index in [1.165, 1.54) is 12.1 Å². The molecule has 1 fully saturated rings. The maximum absolute atomic E-state index is 14.0. The molecule has 2 aromatic carbocycles. The predicted octanol–water partition coefficient (Wildman–Crippen LogP) is 3.73. The van der Waals surface area contributed by atoms with Gasteiger partial charge >= 0.3 is 0 Å². The topological polar surface area (TPSA) is 52.7 Å². The van der Waals surface area contributed by atoms with Crippen LogP contribution >= 0.6 is 0 Å². The number of anilines is 1. The molecule has 1 saturated heterocycles. The first-order chi connectivity index (χ1) is 14.3. The van der Waals surface area contributed by atoms with Crippen LogP contribution in [0.25, 0.3) is 6.08 Å². The van der Waals surface area contributed by atoms with Crippen LogP contribution in [0.4, 0.5) is 10.1 Å². The van der Waals surface area contributed by atoms with Crippen LogP contribution in [0.2, 0.25) is 0 Å². The lowest BCUT2D eigenvalue weighted by molar-refractivity contribution is -0.120. The van der Waals surface area contributed by atoms with Crippen molar-refractivity contribution in [2.45, 2.75) is 26.2 Å². The van der Waals surface area contributed by atoms with Crippen molar-refractivity contribution in [1.29, 1.82) is 0 Å². The van der Waals surface area contributed by atoms with Crippen LogP contribution in [0.15, 0.2) is 48.5 Å². The van der Waals surface area contributed by atoms with Crippen molar-refractivity contribution in [3.05, 3.63) is 71.0 Å². The zero-order chi connectivity index (χ0) is 21.7. The Hall–Kier alpha value is -2.99. The van der Waals surface area contributed by atoms with Crippen molar-refractivity contribution < 1.29 is 14.0 Å². The molecule has 3 rings (SSSR count). The minimum atomic E-state index is -0.205. The molecule has 0 spiro atoms. The molecule has 0 bridgehead atoms. The number of nitrogens with one attached hydrogen (secondary N) is 1. The molecule has 2 amide bonds. The number of hydrogen-bond acceptors (Lipinski definition) is 3. The Balaban J connectivity index is 1.72. The molecule has 0 saturated carbocycles. The van der Waals surface area contributed by atoms with Crippen molar-refractivity contribution in [3.8, 4) is 0 Å². The van der Waals surface area contributed by atoms with E-state index < -0.39 is 0 Å². The molecule has 1 N–H and O–H groups in total. The molecule has 1 aliphatic rings. The standard InChI is InChI=1S/C24H28FN3O2/c1-17-14-18(9-12-23(29)26-27(2)3)8-11-22(17)28-16-19(10-13-24(28)30)15-20-6-4-5-7-21(20)25/h4-9,11-12,14,19H,10,13,15-16H2,1-3H3,(H,26,29)/b12-9+. The van der Waals surface area contributed by atoms with Gasteiger partial charge in [0.1, 0.15) is 5.82 Å². The van der Waals surface area contributed by atoms with Crippen LogP contribution in [-0.4, -0.2) is 37.5 Å². The summed E-state index contributed by atoms with van der Waals surface area (Å²) in [6.07, 6.45) is 5.08. The molecule has 0 aromatic heterocycles. The summed E-state index contributed by atoms with van der Waals surface area (Å²) < 4.78 is 14.0. The van der Waals surface area contributed by atoms with Gasteiger partial charge in [0.2, 0.25) is 5.91 Å². The lowest BCUT2D eigenvalue weighted by Gasteiger charge is -2.34. The molecule has 5 nitrogen and oxygen atoms in total. The number of carbonyl (C=O) groups excluding carboxylic acids is 2. The summed E-state index contributed by atoms with van der Waals surface area (Å²) in [6.45, 7) is 2.54. The van der Waals surface area contributed by atoms with Gasteiger partial charge in [-0.05, 0) is 66.6 Å². The molecular formula is C24H28FN3O2. The van der Waals surface area contributed by atoms with E-state index in [1.807, 2.05) is 42.2 Å². The molecule has 1 aliphatic heterocycles. The third kappa shape index (κ3) is 5.54. The highest BCUT2D eigenvalue weighted by Gasteiger charge is 2.28. The third-order valence-electron chi connectivity index (χ3n) is 5.25. The molecule has 0 aliphatic carbocycles. The Morgan fingerprint density at radius 2 is 2.03 bits per heavy atom. The quantitative estimate of drug-likeness (QED) is 0.584. The van der Waals surface area contributed by atoms with E-state index in [1.54, 1.807) is 31.2 Å². The SMILES string of the molecule is Cc1cc(/C=C/C(=O)NN(C)C)ccc1N1CC(Cc2ccccc2F)CCC1=O. The van der Waals surface area contributed by atoms with Crippen molar-refractivity contribution >= 4 is 23.6 Å². The Labute approximate surface area is 177 Å². The summed E-state index contributed by atoms with van der Waals surface area (Å²) in [5.41, 5.74) is 6.07. The van der Waals surface area contributed by atoms with E-state index in [4.69, 9.17) is 0 Å². The predicted molar refractivity (Wildman–Crippen MR) is 117 cm³/mol. The third-order valence-corrected chi connectivity index (χ3v) is 5.25. The number of rotatable bonds is 6. The monoisotopic (exact) mass is 409 g/mol. The molecule has 0 radical (unpaired) electrons. The van der Waals surface area contributed by atoms with Crippen molar-refractivity contribution in [3.63, 3.8) is 0 Å². The fraction of sp³-hybridized carbons (Fsp3) is 0.333. The van der Waals surface area contributed by atoms with E-state index in [-0.39, 0.29) is 23.5 Å². The first-order valence-corrected chi connectivity index (χ1v) is 10.1. The van der Waals surface area contributed by atoms with Crippen LogP contribution in [0.1, 0.15) is 29.5 Å². The first kappa shape index (κ1) is 21.7. The second kappa shape index (κ2) is 9.67. The van der Waals surface area contributed by atoms with Gasteiger partial charge in [0.25, 0.3) is 5.91 Å². The summed E-state index contributed by atoms with van der Waals surface area (Å²) in [4.78, 5) is 26.2. The number of amides is 2. The number of nitrogens with zero attached hydrogens (tertiary/aromatic N) is 2. The second-order valence-corrected chi connectivity index (χ2v) is 7.95. The van der Waals surface area contributed by atoms with Crippen LogP contribution in [-0.2, 0) is 16.0 Å². The average molecular weight is 410 g/mol. The van der Waals surface area contributed by atoms with E-state index in [0.29, 0.717) is 24.9 Å². The molecule has 1 heterocycles. The Morgan fingerprint density at radius 3 is 2.73 bits per heavy atom. The molecular weight excluding hydrogens is 381 g/mol. The number of carbonyl (C=O) groups is 2. The summed E-state index contributed by atoms with van der Waals surface area (Å²) in [5.74, 6) is -0.0830. The lowest BCUT2D eigenvalue weighted by Crippen LogP contribution is -2.41. The van der Waals surface area contributed by atoms with Gasteiger partial charge in [0.05, 0.1) is 0 Å². The normalized spacial score (nSPS) is 17.0. The van der Waals surface area contributed by atoms with Gasteiger partial charge in [-0.15, -0.1) is 0 Å². The van der Waals surface area contributed by atoms with Crippen molar-refractivity contribution in [2.24, 2.45) is 5.92 Å². The Morgan fingerprint density at radius 1 is 1.27 bits per heavy atom. The van der Waals surface area contributed by atoms with Gasteiger partial charge < -0.3 is 4.90 Å². The molecule has 1 atom stereocenters. The van der Waals surface area contributed by atoms with Gasteiger partial charge in [-0.2, -0.15) is 0 Å². The number of hydrogen-bond donors (Lipinski definition) is 1. The van der Waals surface area contributed by atoms with Gasteiger partial charge in [0, 0.05) is 38.8 Å². The zero-order valence-electron chi connectivity index (χ0n) is 17.7. The average Bonchev–Trinajstić information content (AvgIpc) is 2.69. The van der Waals surface area contributed by atoms with E-state index in [0.717, 1.165) is 23.2 Å². The number of benzene rings is 2. The molecule has 30 heavy (non-hydrogen) atoms. The summed E-state index contributed by atoms with van der Waals surface area (Å²) in [6, 6.07) is 12.6. The van der Waals surface area contributed by atoms with E-state index in [9.17, 15) is 14.0 Å². The Bertz CT molecular complexity index is 955. The van der Waals surface area contributed by atoms with E-state index in [2.05, 4.69) is 5.43 Å². The second-order valence-electron chi connectivity index (χ2n) is 7.95. The van der Waals surface area contributed by atoms with Gasteiger partial charge in [-0.3, -0.25) is 15.0 Å². The summed E-state index contributed by atoms with van der Waals surface area (Å²) >= 11 is 0. The minimum absolute atomic E-state index is 0.0940. The van der Waals surface area contributed by atoms with Crippen molar-refractivity contribution in [1.82, 2.24) is 10.4 Å². The van der Waals surface area contributed by atoms with Crippen LogP contribution in [0.5, 0.6) is 0 Å². The highest BCUT2D eigenvalue weighted by molar-refractivity contribution is 5.95. The molecule has 1 unspecified atom stereocenters. The van der Waals surface area contributed by atoms with E-state index >= 15 is 0 Å². The lowest BCUT2D eigenvalue weighted by atomic mass is 9.90. The highest BCUT2D eigenvalue weighted by atomic mass is 19.1. The van der Waals surface area contributed by atoms with Crippen LogP contribution in [0.3, 0.4) is 0 Å². The summed E-state index contributed by atoms with van der Waals surface area (Å²) in [7, 11) is 3.50.